The van der Waals surface area contributed by atoms with E-state index in [1.807, 2.05) is 0 Å². The first-order valence-electron chi connectivity index (χ1n) is 9.37. The number of benzene rings is 1. The number of anilines is 1. The molecule has 0 aliphatic rings. The molecule has 0 aliphatic heterocycles. The fraction of sp³-hybridized carbons (Fsp3) is 0.381. The zero-order valence-electron chi connectivity index (χ0n) is 17.4. The molecule has 0 saturated heterocycles. The number of carbonyl (C=O) groups is 1. The second kappa shape index (κ2) is 11.2. The van der Waals surface area contributed by atoms with Crippen molar-refractivity contribution in [2.45, 2.75) is 25.2 Å². The predicted octanol–water partition coefficient (Wildman–Crippen LogP) is 2.31. The molecule has 1 aromatic heterocycles. The lowest BCUT2D eigenvalue weighted by Gasteiger charge is -2.19. The molecule has 0 bridgehead atoms. The standard InChI is InChI=1S/C21H22F3N3O5/c1-4-15(13-32-10-9-18(28)31-3)26-17-11-25-27(20(29)19(17)21(22,23)24)12-14-5-7-16(30-2)8-6-14/h1,5-8,11,15,26H,9-10,12-13H2,2-3H3/t15-/m0/s1. The van der Waals surface area contributed by atoms with E-state index < -0.39 is 35.0 Å². The Morgan fingerprint density at radius 1 is 1.28 bits per heavy atom. The van der Waals surface area contributed by atoms with Crippen molar-refractivity contribution in [3.63, 3.8) is 0 Å². The summed E-state index contributed by atoms with van der Waals surface area (Å²) >= 11 is 0. The minimum Gasteiger partial charge on any atom is -0.497 e. The Morgan fingerprint density at radius 3 is 2.53 bits per heavy atom. The van der Waals surface area contributed by atoms with Crippen LogP contribution in [0.2, 0.25) is 0 Å². The third kappa shape index (κ3) is 6.75. The maximum Gasteiger partial charge on any atom is 0.423 e. The van der Waals surface area contributed by atoms with E-state index in [-0.39, 0.29) is 26.2 Å². The van der Waals surface area contributed by atoms with Crippen LogP contribution in [0.5, 0.6) is 5.75 Å². The van der Waals surface area contributed by atoms with Gasteiger partial charge in [-0.25, -0.2) is 4.68 Å². The molecule has 1 atom stereocenters. The zero-order valence-corrected chi connectivity index (χ0v) is 17.4. The van der Waals surface area contributed by atoms with Crippen molar-refractivity contribution in [2.24, 2.45) is 0 Å². The molecule has 172 valence electrons. The summed E-state index contributed by atoms with van der Waals surface area (Å²) in [5.41, 5.74) is -2.74. The summed E-state index contributed by atoms with van der Waals surface area (Å²) in [5, 5.41) is 6.31. The van der Waals surface area contributed by atoms with Gasteiger partial charge in [-0.15, -0.1) is 6.42 Å². The number of aromatic nitrogens is 2. The molecule has 11 heteroatoms. The van der Waals surface area contributed by atoms with Crippen LogP contribution < -0.4 is 15.6 Å². The normalized spacial score (nSPS) is 12.0. The van der Waals surface area contributed by atoms with Gasteiger partial charge in [-0.3, -0.25) is 9.59 Å². The van der Waals surface area contributed by atoms with E-state index in [0.717, 1.165) is 6.20 Å². The lowest BCUT2D eigenvalue weighted by atomic mass is 10.2. The van der Waals surface area contributed by atoms with Gasteiger partial charge in [0, 0.05) is 0 Å². The molecule has 0 aliphatic carbocycles. The van der Waals surface area contributed by atoms with Crippen LogP contribution in [0.1, 0.15) is 17.5 Å². The van der Waals surface area contributed by atoms with E-state index >= 15 is 0 Å². The Morgan fingerprint density at radius 2 is 1.97 bits per heavy atom. The number of ether oxygens (including phenoxy) is 3. The molecule has 2 rings (SSSR count). The lowest BCUT2D eigenvalue weighted by Crippen LogP contribution is -2.34. The molecule has 0 unspecified atom stereocenters. The summed E-state index contributed by atoms with van der Waals surface area (Å²) in [4.78, 5) is 23.7. The van der Waals surface area contributed by atoms with E-state index in [1.165, 1.54) is 14.2 Å². The van der Waals surface area contributed by atoms with Crippen LogP contribution in [-0.2, 0) is 27.0 Å². The smallest absolute Gasteiger partial charge is 0.423 e. The predicted molar refractivity (Wildman–Crippen MR) is 109 cm³/mol. The second-order valence-corrected chi connectivity index (χ2v) is 6.51. The topological polar surface area (TPSA) is 91.7 Å². The molecule has 0 fully saturated rings. The minimum absolute atomic E-state index is 0.0274. The maximum atomic E-state index is 13.7. The second-order valence-electron chi connectivity index (χ2n) is 6.51. The van der Waals surface area contributed by atoms with Crippen LogP contribution in [0.4, 0.5) is 18.9 Å². The Bertz CT molecular complexity index is 1010. The van der Waals surface area contributed by atoms with E-state index in [9.17, 15) is 22.8 Å². The first-order chi connectivity index (χ1) is 15.2. The van der Waals surface area contributed by atoms with Gasteiger partial charge >= 0.3 is 12.1 Å². The molecule has 0 amide bonds. The van der Waals surface area contributed by atoms with Crippen LogP contribution in [0.15, 0.2) is 35.3 Å². The van der Waals surface area contributed by atoms with Gasteiger partial charge in [0.25, 0.3) is 5.56 Å². The summed E-state index contributed by atoms with van der Waals surface area (Å²) in [6, 6.07) is 5.49. The molecular formula is C21H22F3N3O5. The fourth-order valence-corrected chi connectivity index (χ4v) is 2.67. The highest BCUT2D eigenvalue weighted by Gasteiger charge is 2.38. The number of hydrogen-bond donors (Lipinski definition) is 1. The average molecular weight is 453 g/mol. The minimum atomic E-state index is -4.95. The van der Waals surface area contributed by atoms with Crippen molar-refractivity contribution in [1.82, 2.24) is 9.78 Å². The Hall–Kier alpha value is -3.52. The Balaban J connectivity index is 2.21. The number of carbonyl (C=O) groups excluding carboxylic acids is 1. The third-order valence-corrected chi connectivity index (χ3v) is 4.31. The third-order valence-electron chi connectivity index (χ3n) is 4.31. The summed E-state index contributed by atoms with van der Waals surface area (Å²) in [6.45, 7) is -0.387. The first-order valence-corrected chi connectivity index (χ1v) is 9.37. The van der Waals surface area contributed by atoms with Gasteiger partial charge in [0.1, 0.15) is 17.4 Å². The molecule has 32 heavy (non-hydrogen) atoms. The average Bonchev–Trinajstić information content (AvgIpc) is 2.76. The molecule has 8 nitrogen and oxygen atoms in total. The van der Waals surface area contributed by atoms with Crippen LogP contribution in [0, 0.1) is 12.3 Å². The van der Waals surface area contributed by atoms with Gasteiger partial charge in [0.05, 0.1) is 52.3 Å². The summed E-state index contributed by atoms with van der Waals surface area (Å²) in [6.07, 6.45) is 1.27. The van der Waals surface area contributed by atoms with Crippen molar-refractivity contribution in [3.8, 4) is 18.1 Å². The number of terminal acetylenes is 1. The number of nitrogens with one attached hydrogen (secondary N) is 1. The Labute approximate surface area is 182 Å². The quantitative estimate of drug-likeness (QED) is 0.335. The van der Waals surface area contributed by atoms with Gasteiger partial charge in [-0.05, 0) is 17.7 Å². The van der Waals surface area contributed by atoms with E-state index in [2.05, 4.69) is 21.1 Å². The number of halogens is 3. The Kier molecular flexibility index (Phi) is 8.66. The zero-order chi connectivity index (χ0) is 23.7. The van der Waals surface area contributed by atoms with Crippen molar-refractivity contribution in [3.05, 3.63) is 51.9 Å². The van der Waals surface area contributed by atoms with Crippen molar-refractivity contribution in [2.75, 3.05) is 32.8 Å². The highest BCUT2D eigenvalue weighted by atomic mass is 19.4. The molecule has 0 radical (unpaired) electrons. The molecular weight excluding hydrogens is 431 g/mol. The van der Waals surface area contributed by atoms with Crippen molar-refractivity contribution < 1.29 is 32.2 Å². The maximum absolute atomic E-state index is 13.7. The number of nitrogens with zero attached hydrogens (tertiary/aromatic N) is 2. The van der Waals surface area contributed by atoms with Crippen LogP contribution in [0.25, 0.3) is 0 Å². The van der Waals surface area contributed by atoms with Crippen molar-refractivity contribution in [1.29, 1.82) is 0 Å². The summed E-state index contributed by atoms with van der Waals surface area (Å²) in [7, 11) is 2.70. The molecule has 0 spiro atoms. The fourth-order valence-electron chi connectivity index (χ4n) is 2.67. The van der Waals surface area contributed by atoms with Gasteiger partial charge in [0.2, 0.25) is 0 Å². The number of esters is 1. The first kappa shape index (κ1) is 24.7. The molecule has 2 aromatic rings. The monoisotopic (exact) mass is 453 g/mol. The highest BCUT2D eigenvalue weighted by Crippen LogP contribution is 2.32. The van der Waals surface area contributed by atoms with Gasteiger partial charge in [0.15, 0.2) is 0 Å². The molecule has 1 aromatic carbocycles. The molecule has 0 saturated carbocycles. The van der Waals surface area contributed by atoms with Crippen LogP contribution in [-0.4, -0.2) is 49.2 Å². The van der Waals surface area contributed by atoms with Crippen LogP contribution >= 0.6 is 0 Å². The number of hydrogen-bond acceptors (Lipinski definition) is 7. The molecule has 1 heterocycles. The lowest BCUT2D eigenvalue weighted by molar-refractivity contribution is -0.142. The molecule has 1 N–H and O–H groups in total. The van der Waals surface area contributed by atoms with E-state index in [1.54, 1.807) is 24.3 Å². The van der Waals surface area contributed by atoms with E-state index in [0.29, 0.717) is 16.0 Å². The highest BCUT2D eigenvalue weighted by molar-refractivity contribution is 5.69. The van der Waals surface area contributed by atoms with Gasteiger partial charge in [-0.1, -0.05) is 18.1 Å². The number of alkyl halides is 3. The van der Waals surface area contributed by atoms with Gasteiger partial charge in [-0.2, -0.15) is 18.3 Å². The SMILES string of the molecule is C#C[C@@H](COCCC(=O)OC)Nc1cnn(Cc2ccc(OC)cc2)c(=O)c1C(F)(F)F. The van der Waals surface area contributed by atoms with Gasteiger partial charge < -0.3 is 19.5 Å². The number of rotatable bonds is 10. The largest absolute Gasteiger partial charge is 0.497 e. The van der Waals surface area contributed by atoms with Crippen LogP contribution in [0.3, 0.4) is 0 Å². The van der Waals surface area contributed by atoms with Crippen molar-refractivity contribution >= 4 is 11.7 Å². The van der Waals surface area contributed by atoms with E-state index in [4.69, 9.17) is 15.9 Å². The number of methoxy groups -OCH3 is 2. The summed E-state index contributed by atoms with van der Waals surface area (Å²) in [5.74, 6) is 2.32. The summed E-state index contributed by atoms with van der Waals surface area (Å²) < 4.78 is 56.5.